The third-order valence-electron chi connectivity index (χ3n) is 4.87. The van der Waals surface area contributed by atoms with Crippen molar-refractivity contribution < 1.29 is 23.7 Å². The Kier molecular flexibility index (Phi) is 7.08. The van der Waals surface area contributed by atoms with E-state index in [-0.39, 0.29) is 42.7 Å². The summed E-state index contributed by atoms with van der Waals surface area (Å²) in [5.74, 6) is 0.535. The fourth-order valence-corrected chi connectivity index (χ4v) is 3.43. The average molecular weight is 448 g/mol. The summed E-state index contributed by atoms with van der Waals surface area (Å²) in [7, 11) is 2.93. The van der Waals surface area contributed by atoms with Gasteiger partial charge in [-0.05, 0) is 18.1 Å². The average Bonchev–Trinajstić information content (AvgIpc) is 2.77. The summed E-state index contributed by atoms with van der Waals surface area (Å²) in [6.45, 7) is 4.94. The minimum absolute atomic E-state index is 0.0270. The van der Waals surface area contributed by atoms with Crippen LogP contribution in [0.1, 0.15) is 24.2 Å². The SMILES string of the molecule is COCCN(C(=O)c1cc(OC)c2c(c1)OCCO2)c1c(N)n(CC(C)C)c(=O)[nH]c1=O. The van der Waals surface area contributed by atoms with Gasteiger partial charge in [-0.15, -0.1) is 0 Å². The molecule has 0 aliphatic carbocycles. The molecule has 11 heteroatoms. The van der Waals surface area contributed by atoms with Gasteiger partial charge in [-0.2, -0.15) is 0 Å². The van der Waals surface area contributed by atoms with Gasteiger partial charge in [-0.3, -0.25) is 24.0 Å². The van der Waals surface area contributed by atoms with Crippen molar-refractivity contribution in [1.82, 2.24) is 9.55 Å². The third-order valence-corrected chi connectivity index (χ3v) is 4.87. The number of fused-ring (bicyclic) bond motifs is 1. The van der Waals surface area contributed by atoms with Crippen molar-refractivity contribution in [1.29, 1.82) is 0 Å². The molecule has 1 amide bonds. The van der Waals surface area contributed by atoms with Gasteiger partial charge in [-0.1, -0.05) is 13.8 Å². The van der Waals surface area contributed by atoms with Gasteiger partial charge in [0.05, 0.1) is 13.7 Å². The van der Waals surface area contributed by atoms with Crippen molar-refractivity contribution in [2.45, 2.75) is 20.4 Å². The molecule has 0 bridgehead atoms. The lowest BCUT2D eigenvalue weighted by Crippen LogP contribution is -2.43. The number of carbonyl (C=O) groups is 1. The number of amides is 1. The van der Waals surface area contributed by atoms with Crippen LogP contribution < -0.4 is 36.1 Å². The zero-order valence-corrected chi connectivity index (χ0v) is 18.6. The highest BCUT2D eigenvalue weighted by Gasteiger charge is 2.28. The molecule has 1 aromatic heterocycles. The summed E-state index contributed by atoms with van der Waals surface area (Å²) in [6, 6.07) is 3.03. The number of methoxy groups -OCH3 is 2. The van der Waals surface area contributed by atoms with Crippen LogP contribution in [-0.2, 0) is 11.3 Å². The zero-order chi connectivity index (χ0) is 23.4. The lowest BCUT2D eigenvalue weighted by Gasteiger charge is -2.26. The Morgan fingerprint density at radius 3 is 2.62 bits per heavy atom. The summed E-state index contributed by atoms with van der Waals surface area (Å²) in [5, 5.41) is 0. The van der Waals surface area contributed by atoms with E-state index < -0.39 is 17.2 Å². The first-order chi connectivity index (χ1) is 15.3. The van der Waals surface area contributed by atoms with Gasteiger partial charge in [0.25, 0.3) is 11.5 Å². The number of nitrogens with one attached hydrogen (secondary N) is 1. The Hall–Kier alpha value is -3.47. The molecule has 174 valence electrons. The van der Waals surface area contributed by atoms with Gasteiger partial charge in [0.15, 0.2) is 17.2 Å². The number of nitrogens with two attached hydrogens (primary N) is 1. The molecule has 2 heterocycles. The predicted molar refractivity (Wildman–Crippen MR) is 118 cm³/mol. The molecule has 3 rings (SSSR count). The molecule has 0 fully saturated rings. The molecule has 0 saturated carbocycles. The standard InChI is InChI=1S/C21H28N4O7/c1-12(2)11-25-18(22)16(19(26)23-21(25)28)24(5-6-29-3)20(27)13-9-14(30-4)17-15(10-13)31-7-8-32-17/h9-10,12H,5-8,11,22H2,1-4H3,(H,23,26,28). The number of ether oxygens (including phenoxy) is 4. The molecular weight excluding hydrogens is 420 g/mol. The molecule has 1 aliphatic heterocycles. The summed E-state index contributed by atoms with van der Waals surface area (Å²) in [6.07, 6.45) is 0. The number of H-pyrrole nitrogens is 1. The summed E-state index contributed by atoms with van der Waals surface area (Å²) in [5.41, 5.74) is 4.90. The first-order valence-electron chi connectivity index (χ1n) is 10.2. The predicted octanol–water partition coefficient (Wildman–Crippen LogP) is 0.848. The van der Waals surface area contributed by atoms with Crippen LogP contribution in [0.4, 0.5) is 11.5 Å². The quantitative estimate of drug-likeness (QED) is 0.606. The number of hydrogen-bond acceptors (Lipinski definition) is 8. The van der Waals surface area contributed by atoms with E-state index in [9.17, 15) is 14.4 Å². The lowest BCUT2D eigenvalue weighted by atomic mass is 10.1. The highest BCUT2D eigenvalue weighted by molar-refractivity contribution is 6.08. The Morgan fingerprint density at radius 1 is 1.25 bits per heavy atom. The Morgan fingerprint density at radius 2 is 1.97 bits per heavy atom. The van der Waals surface area contributed by atoms with Crippen molar-refractivity contribution in [3.8, 4) is 17.2 Å². The highest BCUT2D eigenvalue weighted by Crippen LogP contribution is 2.40. The van der Waals surface area contributed by atoms with E-state index >= 15 is 0 Å². The Bertz CT molecular complexity index is 1090. The maximum Gasteiger partial charge on any atom is 0.330 e. The first kappa shape index (κ1) is 23.2. The normalized spacial score (nSPS) is 12.7. The smallest absolute Gasteiger partial charge is 0.330 e. The molecule has 32 heavy (non-hydrogen) atoms. The lowest BCUT2D eigenvalue weighted by molar-refractivity contribution is 0.0973. The molecule has 3 N–H and O–H groups in total. The van der Waals surface area contributed by atoms with E-state index in [1.165, 1.54) is 35.8 Å². The summed E-state index contributed by atoms with van der Waals surface area (Å²) < 4.78 is 22.9. The Balaban J connectivity index is 2.13. The third kappa shape index (κ3) is 4.57. The van der Waals surface area contributed by atoms with Gasteiger partial charge in [0, 0.05) is 25.8 Å². The molecule has 0 atom stereocenters. The molecule has 0 saturated heterocycles. The second kappa shape index (κ2) is 9.77. The molecule has 11 nitrogen and oxygen atoms in total. The Labute approximate surface area is 184 Å². The second-order valence-electron chi connectivity index (χ2n) is 7.65. The second-order valence-corrected chi connectivity index (χ2v) is 7.65. The van der Waals surface area contributed by atoms with Gasteiger partial charge in [-0.25, -0.2) is 4.79 Å². The number of aromatic nitrogens is 2. The fraction of sp³-hybridized carbons (Fsp3) is 0.476. The van der Waals surface area contributed by atoms with Crippen LogP contribution in [0, 0.1) is 5.92 Å². The maximum atomic E-state index is 13.6. The summed E-state index contributed by atoms with van der Waals surface area (Å²) >= 11 is 0. The van der Waals surface area contributed by atoms with E-state index in [1.54, 1.807) is 0 Å². The topological polar surface area (TPSA) is 138 Å². The number of anilines is 2. The van der Waals surface area contributed by atoms with Crippen LogP contribution in [0.3, 0.4) is 0 Å². The molecular formula is C21H28N4O7. The van der Waals surface area contributed by atoms with Crippen LogP contribution in [-0.4, -0.2) is 56.0 Å². The number of nitrogens with zero attached hydrogens (tertiary/aromatic N) is 2. The molecule has 0 spiro atoms. The monoisotopic (exact) mass is 448 g/mol. The van der Waals surface area contributed by atoms with E-state index in [2.05, 4.69) is 4.98 Å². The minimum atomic E-state index is -0.763. The van der Waals surface area contributed by atoms with E-state index in [0.29, 0.717) is 30.5 Å². The molecule has 1 aliphatic rings. The van der Waals surface area contributed by atoms with Crippen LogP contribution >= 0.6 is 0 Å². The number of carbonyl (C=O) groups excluding carboxylic acids is 1. The molecule has 2 aromatic rings. The molecule has 0 unspecified atom stereocenters. The van der Waals surface area contributed by atoms with Crippen molar-refractivity contribution in [3.63, 3.8) is 0 Å². The van der Waals surface area contributed by atoms with Crippen molar-refractivity contribution in [3.05, 3.63) is 38.5 Å². The van der Waals surface area contributed by atoms with E-state index in [4.69, 9.17) is 24.7 Å². The minimum Gasteiger partial charge on any atom is -0.493 e. The first-order valence-corrected chi connectivity index (χ1v) is 10.2. The van der Waals surface area contributed by atoms with Crippen LogP contribution in [0.25, 0.3) is 0 Å². The van der Waals surface area contributed by atoms with Crippen LogP contribution in [0.15, 0.2) is 21.7 Å². The van der Waals surface area contributed by atoms with Crippen molar-refractivity contribution in [2.75, 3.05) is 51.2 Å². The van der Waals surface area contributed by atoms with E-state index in [0.717, 1.165) is 0 Å². The maximum absolute atomic E-state index is 13.6. The van der Waals surface area contributed by atoms with Crippen molar-refractivity contribution >= 4 is 17.4 Å². The van der Waals surface area contributed by atoms with Crippen molar-refractivity contribution in [2.24, 2.45) is 5.92 Å². The molecule has 0 radical (unpaired) electrons. The van der Waals surface area contributed by atoms with Crippen LogP contribution in [0.2, 0.25) is 0 Å². The van der Waals surface area contributed by atoms with E-state index in [1.807, 2.05) is 13.8 Å². The number of hydrogen-bond donors (Lipinski definition) is 2. The largest absolute Gasteiger partial charge is 0.493 e. The number of nitrogen functional groups attached to an aromatic ring is 1. The van der Waals surface area contributed by atoms with Gasteiger partial charge in [0.1, 0.15) is 19.0 Å². The number of benzene rings is 1. The van der Waals surface area contributed by atoms with Crippen LogP contribution in [0.5, 0.6) is 17.2 Å². The highest BCUT2D eigenvalue weighted by atomic mass is 16.6. The number of rotatable bonds is 8. The van der Waals surface area contributed by atoms with Gasteiger partial charge >= 0.3 is 5.69 Å². The zero-order valence-electron chi connectivity index (χ0n) is 18.6. The van der Waals surface area contributed by atoms with Gasteiger partial charge in [0.2, 0.25) is 5.75 Å². The molecule has 1 aromatic carbocycles. The van der Waals surface area contributed by atoms with Gasteiger partial charge < -0.3 is 24.7 Å². The number of aromatic amines is 1. The summed E-state index contributed by atoms with van der Waals surface area (Å²) in [4.78, 5) is 42.1. The fourth-order valence-electron chi connectivity index (χ4n) is 3.43.